The van der Waals surface area contributed by atoms with Gasteiger partial charge < -0.3 is 20.0 Å². The van der Waals surface area contributed by atoms with Crippen molar-refractivity contribution in [3.63, 3.8) is 0 Å². The fourth-order valence-corrected chi connectivity index (χ4v) is 2.40. The molecule has 0 atom stereocenters. The molecule has 0 fully saturated rings. The minimum absolute atomic E-state index is 0. The Bertz CT molecular complexity index is 549. The minimum atomic E-state index is -4.52. The van der Waals surface area contributed by atoms with E-state index >= 15 is 0 Å². The Balaban J connectivity index is 0. The molecule has 150 valence electrons. The molecule has 0 radical (unpaired) electrons. The molecule has 0 aliphatic rings. The van der Waals surface area contributed by atoms with Crippen molar-refractivity contribution in [2.45, 2.75) is 65.9 Å². The molecule has 0 aliphatic carbocycles. The summed E-state index contributed by atoms with van der Waals surface area (Å²) in [5.41, 5.74) is 1.52. The molecule has 0 bridgehead atoms. The van der Waals surface area contributed by atoms with E-state index < -0.39 is 7.82 Å². The number of rotatable bonds is 3. The molecule has 1 rings (SSSR count). The van der Waals surface area contributed by atoms with Gasteiger partial charge in [-0.2, -0.15) is 0 Å². The van der Waals surface area contributed by atoms with E-state index in [-0.39, 0.29) is 46.3 Å². The average Bonchev–Trinajstić information content (AvgIpc) is 2.34. The summed E-state index contributed by atoms with van der Waals surface area (Å²) in [6.07, 6.45) is 0. The first-order valence-electron chi connectivity index (χ1n) is 7.78. The van der Waals surface area contributed by atoms with Crippen LogP contribution in [0.5, 0.6) is 5.75 Å². The van der Waals surface area contributed by atoms with Gasteiger partial charge in [0.2, 0.25) is 0 Å². The van der Waals surface area contributed by atoms with Crippen LogP contribution >= 0.6 is 7.82 Å². The Morgan fingerprint density at radius 2 is 1.36 bits per heavy atom. The van der Waals surface area contributed by atoms with Gasteiger partial charge in [0.25, 0.3) is 0 Å². The SMILES string of the molecule is CC(C)(C)c1cc(COP(=O)(O)O)cc(C(C)(C)C)c1O.CC[O-].[Ni]. The fraction of sp³-hybridized carbons (Fsp3) is 0.647. The van der Waals surface area contributed by atoms with Gasteiger partial charge >= 0.3 is 7.82 Å². The van der Waals surface area contributed by atoms with Gasteiger partial charge in [0, 0.05) is 16.5 Å². The second kappa shape index (κ2) is 10.1. The number of phenols is 1. The predicted octanol–water partition coefficient (Wildman–Crippen LogP) is 2.96. The maximum absolute atomic E-state index is 10.9. The largest absolute Gasteiger partial charge is 0.855 e. The van der Waals surface area contributed by atoms with Gasteiger partial charge in [0.15, 0.2) is 0 Å². The van der Waals surface area contributed by atoms with Crippen molar-refractivity contribution in [3.8, 4) is 5.75 Å². The smallest absolute Gasteiger partial charge is 0.469 e. The molecule has 8 heteroatoms. The van der Waals surface area contributed by atoms with Crippen LogP contribution in [-0.2, 0) is 43.0 Å². The molecule has 3 N–H and O–H groups in total. The standard InChI is InChI=1S/C15H25O5P.C2H5O.Ni/c1-14(2,3)11-7-10(9-20-21(17,18)19)8-12(13(11)16)15(4,5)6;1-2-3;/h7-8,16H,9H2,1-6H3,(H2,17,18,19);2H2,1H3;/q;-1;. The zero-order valence-corrected chi connectivity index (χ0v) is 17.8. The van der Waals surface area contributed by atoms with Crippen molar-refractivity contribution in [2.24, 2.45) is 0 Å². The quantitative estimate of drug-likeness (QED) is 0.513. The van der Waals surface area contributed by atoms with Crippen molar-refractivity contribution in [1.29, 1.82) is 0 Å². The molecule has 1 aromatic carbocycles. The molecule has 1 aromatic rings. The van der Waals surface area contributed by atoms with Gasteiger partial charge in [0.1, 0.15) is 5.75 Å². The van der Waals surface area contributed by atoms with E-state index in [1.54, 1.807) is 19.1 Å². The zero-order valence-electron chi connectivity index (χ0n) is 15.9. The monoisotopic (exact) mass is 419 g/mol. The maximum Gasteiger partial charge on any atom is 0.469 e. The molecule has 0 spiro atoms. The molecule has 0 unspecified atom stereocenters. The number of hydrogen-bond donors (Lipinski definition) is 3. The van der Waals surface area contributed by atoms with Crippen molar-refractivity contribution >= 4 is 7.82 Å². The summed E-state index contributed by atoms with van der Waals surface area (Å²) < 4.78 is 15.4. The van der Waals surface area contributed by atoms with Crippen LogP contribution < -0.4 is 5.11 Å². The number of phosphoric ester groups is 1. The molecule has 0 aliphatic heterocycles. The third kappa shape index (κ3) is 9.74. The Morgan fingerprint density at radius 1 is 1.04 bits per heavy atom. The zero-order chi connectivity index (χ0) is 19.3. The van der Waals surface area contributed by atoms with Crippen LogP contribution in [0.1, 0.15) is 65.2 Å². The molecule has 0 saturated heterocycles. The van der Waals surface area contributed by atoms with Gasteiger partial charge in [-0.25, -0.2) is 4.57 Å². The first-order chi connectivity index (χ1) is 10.6. The Hall–Kier alpha value is -0.416. The van der Waals surface area contributed by atoms with Crippen molar-refractivity contribution in [3.05, 3.63) is 28.8 Å². The van der Waals surface area contributed by atoms with Crippen LogP contribution in [0.25, 0.3) is 0 Å². The van der Waals surface area contributed by atoms with Crippen molar-refractivity contribution in [1.82, 2.24) is 0 Å². The Labute approximate surface area is 160 Å². The second-order valence-corrected chi connectivity index (χ2v) is 8.83. The summed E-state index contributed by atoms with van der Waals surface area (Å²) in [5.74, 6) is 0.231. The minimum Gasteiger partial charge on any atom is -0.855 e. The van der Waals surface area contributed by atoms with Gasteiger partial charge in [-0.05, 0) is 39.7 Å². The van der Waals surface area contributed by atoms with Gasteiger partial charge in [-0.3, -0.25) is 4.52 Å². The summed E-state index contributed by atoms with van der Waals surface area (Å²) in [4.78, 5) is 17.7. The number of phosphoric acid groups is 1. The topological polar surface area (TPSA) is 110 Å². The third-order valence-electron chi connectivity index (χ3n) is 3.19. The van der Waals surface area contributed by atoms with E-state index in [0.29, 0.717) is 5.56 Å². The van der Waals surface area contributed by atoms with E-state index in [0.717, 1.165) is 11.1 Å². The summed E-state index contributed by atoms with van der Waals surface area (Å²) in [7, 11) is -4.52. The number of phenolic OH excluding ortho intramolecular Hbond substituents is 1. The van der Waals surface area contributed by atoms with Gasteiger partial charge in [-0.1, -0.05) is 48.5 Å². The number of hydrogen-bond acceptors (Lipinski definition) is 4. The summed E-state index contributed by atoms with van der Waals surface area (Å²) in [6, 6.07) is 3.47. The van der Waals surface area contributed by atoms with Gasteiger partial charge in [-0.15, -0.1) is 6.61 Å². The van der Waals surface area contributed by atoms with Crippen LogP contribution in [0.4, 0.5) is 0 Å². The first-order valence-corrected chi connectivity index (χ1v) is 9.31. The predicted molar refractivity (Wildman–Crippen MR) is 92.9 cm³/mol. The van der Waals surface area contributed by atoms with Crippen LogP contribution in [-0.4, -0.2) is 21.5 Å². The first kappa shape index (κ1) is 26.8. The Kier molecular flexibility index (Phi) is 10.8. The van der Waals surface area contributed by atoms with Crippen LogP contribution in [0.2, 0.25) is 0 Å². The van der Waals surface area contributed by atoms with Crippen molar-refractivity contribution < 1.29 is 45.6 Å². The van der Waals surface area contributed by atoms with Gasteiger partial charge in [0.05, 0.1) is 6.61 Å². The molecular formula is C17H30NiO6P-. The fourth-order valence-electron chi connectivity index (χ4n) is 2.08. The molecule has 0 heterocycles. The van der Waals surface area contributed by atoms with Crippen LogP contribution in [0, 0.1) is 0 Å². The summed E-state index contributed by atoms with van der Waals surface area (Å²) >= 11 is 0. The molecule has 25 heavy (non-hydrogen) atoms. The normalized spacial score (nSPS) is 12.1. The molecular weight excluding hydrogens is 390 g/mol. The molecule has 0 aromatic heterocycles. The molecule has 0 amide bonds. The average molecular weight is 420 g/mol. The second-order valence-electron chi connectivity index (χ2n) is 7.59. The summed E-state index contributed by atoms with van der Waals surface area (Å²) in [5, 5.41) is 19.4. The van der Waals surface area contributed by atoms with Crippen LogP contribution in [0.3, 0.4) is 0 Å². The maximum atomic E-state index is 10.9. The molecule has 6 nitrogen and oxygen atoms in total. The van der Waals surface area contributed by atoms with E-state index in [1.807, 2.05) is 41.5 Å². The number of aromatic hydroxyl groups is 1. The Morgan fingerprint density at radius 3 is 1.60 bits per heavy atom. The molecule has 0 saturated carbocycles. The van der Waals surface area contributed by atoms with E-state index in [1.165, 1.54) is 0 Å². The third-order valence-corrected chi connectivity index (χ3v) is 3.65. The van der Waals surface area contributed by atoms with Crippen LogP contribution in [0.15, 0.2) is 12.1 Å². The van der Waals surface area contributed by atoms with E-state index in [2.05, 4.69) is 4.52 Å². The van der Waals surface area contributed by atoms with E-state index in [9.17, 15) is 9.67 Å². The van der Waals surface area contributed by atoms with Crippen molar-refractivity contribution in [2.75, 3.05) is 6.61 Å². The summed E-state index contributed by atoms with van der Waals surface area (Å²) in [6.45, 7) is 13.2. The van der Waals surface area contributed by atoms with E-state index in [4.69, 9.17) is 14.9 Å². The number of benzene rings is 1.